The molecule has 9 heteroatoms. The Bertz CT molecular complexity index is 261. The minimum absolute atomic E-state index is 0.170. The maximum Gasteiger partial charge on any atom is 0.409 e. The highest BCUT2D eigenvalue weighted by atomic mass is 19.4. The van der Waals surface area contributed by atoms with E-state index in [-0.39, 0.29) is 6.42 Å². The van der Waals surface area contributed by atoms with Crippen LogP contribution < -0.4 is 5.32 Å². The van der Waals surface area contributed by atoms with Crippen molar-refractivity contribution in [3.63, 3.8) is 0 Å². The molecule has 0 aliphatic heterocycles. The average molecular weight is 281 g/mol. The standard InChI is InChI=1S/C9H13F6NO2/c1-2-3-5(17)4-16-7(18)6(8(10,11)12)9(13,14)15/h5-6,17H,2-4H2,1H3,(H,16,18). The number of nitrogens with one attached hydrogen (secondary N) is 1. The average Bonchev–Trinajstić information content (AvgIpc) is 2.10. The van der Waals surface area contributed by atoms with Gasteiger partial charge < -0.3 is 10.4 Å². The zero-order valence-corrected chi connectivity index (χ0v) is 9.40. The Hall–Kier alpha value is -0.990. The lowest BCUT2D eigenvalue weighted by molar-refractivity contribution is -0.274. The van der Waals surface area contributed by atoms with E-state index in [2.05, 4.69) is 0 Å². The third-order valence-corrected chi connectivity index (χ3v) is 2.05. The second-order valence-corrected chi connectivity index (χ2v) is 3.70. The van der Waals surface area contributed by atoms with Gasteiger partial charge in [-0.15, -0.1) is 0 Å². The number of halogens is 6. The van der Waals surface area contributed by atoms with E-state index in [1.54, 1.807) is 6.92 Å². The van der Waals surface area contributed by atoms with Gasteiger partial charge in [0.1, 0.15) is 0 Å². The summed E-state index contributed by atoms with van der Waals surface area (Å²) in [6, 6.07) is 0. The van der Waals surface area contributed by atoms with Crippen LogP contribution in [0.25, 0.3) is 0 Å². The van der Waals surface area contributed by atoms with Crippen molar-refractivity contribution < 1.29 is 36.2 Å². The Morgan fingerprint density at radius 3 is 1.94 bits per heavy atom. The number of rotatable bonds is 5. The molecule has 1 amide bonds. The van der Waals surface area contributed by atoms with Gasteiger partial charge in [-0.3, -0.25) is 4.79 Å². The largest absolute Gasteiger partial charge is 0.409 e. The van der Waals surface area contributed by atoms with Crippen molar-refractivity contribution in [2.24, 2.45) is 5.92 Å². The number of aliphatic hydroxyl groups is 1. The van der Waals surface area contributed by atoms with Crippen LogP contribution in [0, 0.1) is 5.92 Å². The number of hydrogen-bond donors (Lipinski definition) is 2. The molecule has 0 spiro atoms. The molecular formula is C9H13F6NO2. The molecule has 18 heavy (non-hydrogen) atoms. The number of aliphatic hydroxyl groups excluding tert-OH is 1. The molecule has 1 unspecified atom stereocenters. The number of carbonyl (C=O) groups excluding carboxylic acids is 1. The molecule has 3 nitrogen and oxygen atoms in total. The Labute approximate surface area is 99.2 Å². The minimum Gasteiger partial charge on any atom is -0.391 e. The van der Waals surface area contributed by atoms with Crippen LogP contribution in [0.15, 0.2) is 0 Å². The molecule has 0 aromatic carbocycles. The molecule has 0 aliphatic carbocycles. The molecule has 0 bridgehead atoms. The Morgan fingerprint density at radius 1 is 1.17 bits per heavy atom. The highest BCUT2D eigenvalue weighted by molar-refractivity contribution is 5.80. The first kappa shape index (κ1) is 17.0. The summed E-state index contributed by atoms with van der Waals surface area (Å²) in [5.41, 5.74) is 0. The summed E-state index contributed by atoms with van der Waals surface area (Å²) < 4.78 is 72.6. The summed E-state index contributed by atoms with van der Waals surface area (Å²) in [5.74, 6) is -6.27. The van der Waals surface area contributed by atoms with Gasteiger partial charge in [-0.1, -0.05) is 13.3 Å². The van der Waals surface area contributed by atoms with Crippen LogP contribution in [0.1, 0.15) is 19.8 Å². The summed E-state index contributed by atoms with van der Waals surface area (Å²) in [5, 5.41) is 10.6. The smallest absolute Gasteiger partial charge is 0.391 e. The van der Waals surface area contributed by atoms with Crippen LogP contribution in [0.4, 0.5) is 26.3 Å². The molecule has 0 heterocycles. The minimum atomic E-state index is -5.71. The molecule has 0 saturated heterocycles. The van der Waals surface area contributed by atoms with Crippen LogP contribution in [0.3, 0.4) is 0 Å². The van der Waals surface area contributed by atoms with Gasteiger partial charge in [-0.25, -0.2) is 0 Å². The third-order valence-electron chi connectivity index (χ3n) is 2.05. The SMILES string of the molecule is CCCC(O)CNC(=O)C(C(F)(F)F)C(F)(F)F. The topological polar surface area (TPSA) is 49.3 Å². The van der Waals surface area contributed by atoms with E-state index in [0.29, 0.717) is 6.42 Å². The first-order chi connectivity index (χ1) is 8.00. The normalized spacial score (nSPS) is 14.7. The quantitative estimate of drug-likeness (QED) is 0.757. The molecule has 108 valence electrons. The number of amides is 1. The fourth-order valence-electron chi connectivity index (χ4n) is 1.24. The maximum atomic E-state index is 12.1. The van der Waals surface area contributed by atoms with Gasteiger partial charge in [0.2, 0.25) is 11.8 Å². The monoisotopic (exact) mass is 281 g/mol. The lowest BCUT2D eigenvalue weighted by Crippen LogP contribution is -2.49. The Morgan fingerprint density at radius 2 is 1.61 bits per heavy atom. The molecule has 0 saturated carbocycles. The van der Waals surface area contributed by atoms with Gasteiger partial charge in [0.05, 0.1) is 6.10 Å². The summed E-state index contributed by atoms with van der Waals surface area (Å²) in [6.07, 6.45) is -11.9. The summed E-state index contributed by atoms with van der Waals surface area (Å²) in [6.45, 7) is 1.02. The van der Waals surface area contributed by atoms with E-state index in [0.717, 1.165) is 0 Å². The van der Waals surface area contributed by atoms with Gasteiger partial charge in [0, 0.05) is 6.54 Å². The molecule has 0 aliphatic rings. The predicted octanol–water partition coefficient (Wildman–Crippen LogP) is 2.00. The molecule has 1 atom stereocenters. The summed E-state index contributed by atoms with van der Waals surface area (Å²) >= 11 is 0. The van der Waals surface area contributed by atoms with Crippen molar-refractivity contribution in [3.05, 3.63) is 0 Å². The second kappa shape index (κ2) is 6.26. The van der Waals surface area contributed by atoms with Crippen molar-refractivity contribution in [2.45, 2.75) is 38.2 Å². The van der Waals surface area contributed by atoms with Crippen LogP contribution >= 0.6 is 0 Å². The maximum absolute atomic E-state index is 12.1. The predicted molar refractivity (Wildman–Crippen MR) is 49.5 cm³/mol. The molecule has 0 aromatic rings. The number of hydrogen-bond acceptors (Lipinski definition) is 2. The summed E-state index contributed by atoms with van der Waals surface area (Å²) in [4.78, 5) is 10.9. The molecule has 0 fully saturated rings. The van der Waals surface area contributed by atoms with Crippen molar-refractivity contribution >= 4 is 5.91 Å². The van der Waals surface area contributed by atoms with Crippen molar-refractivity contribution in [2.75, 3.05) is 6.54 Å². The van der Waals surface area contributed by atoms with E-state index < -0.39 is 36.8 Å². The highest BCUT2D eigenvalue weighted by Crippen LogP contribution is 2.39. The third kappa shape index (κ3) is 5.56. The Balaban J connectivity index is 4.61. The van der Waals surface area contributed by atoms with Gasteiger partial charge in [0.25, 0.3) is 0 Å². The lowest BCUT2D eigenvalue weighted by atomic mass is 10.1. The molecular weight excluding hydrogens is 268 g/mol. The van der Waals surface area contributed by atoms with Crippen LogP contribution in [0.2, 0.25) is 0 Å². The second-order valence-electron chi connectivity index (χ2n) is 3.70. The number of alkyl halides is 6. The first-order valence-electron chi connectivity index (χ1n) is 5.09. The van der Waals surface area contributed by atoms with Crippen molar-refractivity contribution in [1.82, 2.24) is 5.32 Å². The lowest BCUT2D eigenvalue weighted by Gasteiger charge is -2.22. The fourth-order valence-corrected chi connectivity index (χ4v) is 1.24. The van der Waals surface area contributed by atoms with Crippen LogP contribution in [-0.4, -0.2) is 36.0 Å². The van der Waals surface area contributed by atoms with Crippen LogP contribution in [-0.2, 0) is 4.79 Å². The number of carbonyl (C=O) groups is 1. The van der Waals surface area contributed by atoms with E-state index in [1.165, 1.54) is 5.32 Å². The van der Waals surface area contributed by atoms with E-state index in [1.807, 2.05) is 0 Å². The van der Waals surface area contributed by atoms with E-state index in [4.69, 9.17) is 5.11 Å². The van der Waals surface area contributed by atoms with E-state index in [9.17, 15) is 31.1 Å². The van der Waals surface area contributed by atoms with Crippen LogP contribution in [0.5, 0.6) is 0 Å². The van der Waals surface area contributed by atoms with Crippen molar-refractivity contribution in [3.8, 4) is 0 Å². The van der Waals surface area contributed by atoms with Gasteiger partial charge in [0.15, 0.2) is 0 Å². The zero-order chi connectivity index (χ0) is 14.6. The zero-order valence-electron chi connectivity index (χ0n) is 9.40. The molecule has 0 aromatic heterocycles. The summed E-state index contributed by atoms with van der Waals surface area (Å²) in [7, 11) is 0. The van der Waals surface area contributed by atoms with Gasteiger partial charge >= 0.3 is 12.4 Å². The molecule has 0 rings (SSSR count). The first-order valence-corrected chi connectivity index (χ1v) is 5.09. The van der Waals surface area contributed by atoms with Crippen molar-refractivity contribution in [1.29, 1.82) is 0 Å². The molecule has 0 radical (unpaired) electrons. The van der Waals surface area contributed by atoms with E-state index >= 15 is 0 Å². The highest BCUT2D eigenvalue weighted by Gasteiger charge is 2.61. The van der Waals surface area contributed by atoms with Gasteiger partial charge in [-0.05, 0) is 6.42 Å². The Kier molecular flexibility index (Phi) is 5.91. The fraction of sp³-hybridized carbons (Fsp3) is 0.889. The van der Waals surface area contributed by atoms with Gasteiger partial charge in [-0.2, -0.15) is 26.3 Å². The molecule has 2 N–H and O–H groups in total.